The van der Waals surface area contributed by atoms with Gasteiger partial charge in [0.1, 0.15) is 5.75 Å². The molecule has 0 saturated heterocycles. The number of esters is 1. The summed E-state index contributed by atoms with van der Waals surface area (Å²) in [5.74, 6) is -0.908. The Hall–Kier alpha value is -2.57. The molecule has 1 aliphatic rings. The fraction of sp³-hybridized carbons (Fsp3) is 0.400. The van der Waals surface area contributed by atoms with Crippen molar-refractivity contribution in [3.63, 3.8) is 0 Å². The van der Waals surface area contributed by atoms with Gasteiger partial charge in [0.2, 0.25) is 0 Å². The van der Waals surface area contributed by atoms with E-state index in [0.717, 1.165) is 0 Å². The van der Waals surface area contributed by atoms with Crippen LogP contribution >= 0.6 is 0 Å². The Kier molecular flexibility index (Phi) is 4.65. The second-order valence-corrected chi connectivity index (χ2v) is 5.16. The van der Waals surface area contributed by atoms with E-state index in [1.165, 1.54) is 11.8 Å². The highest BCUT2D eigenvalue weighted by Gasteiger charge is 2.31. The molecule has 0 spiro atoms. The van der Waals surface area contributed by atoms with Crippen LogP contribution in [0.4, 0.5) is 5.69 Å². The predicted molar refractivity (Wildman–Crippen MR) is 78.4 cm³/mol. The van der Waals surface area contributed by atoms with E-state index in [-0.39, 0.29) is 12.3 Å². The molecule has 7 nitrogen and oxygen atoms in total. The molecule has 22 heavy (non-hydrogen) atoms. The second kappa shape index (κ2) is 6.46. The Labute approximate surface area is 128 Å². The fourth-order valence-electron chi connectivity index (χ4n) is 2.04. The molecule has 1 heterocycles. The minimum Gasteiger partial charge on any atom is -0.478 e. The molecule has 1 aromatic carbocycles. The van der Waals surface area contributed by atoms with Crippen molar-refractivity contribution in [1.82, 2.24) is 4.90 Å². The monoisotopic (exact) mass is 306 g/mol. The third-order valence-corrected chi connectivity index (χ3v) is 3.16. The quantitative estimate of drug-likeness (QED) is 0.832. The van der Waals surface area contributed by atoms with E-state index in [9.17, 15) is 14.4 Å². The molecule has 0 aliphatic carbocycles. The van der Waals surface area contributed by atoms with Gasteiger partial charge in [0.25, 0.3) is 11.8 Å². The van der Waals surface area contributed by atoms with Gasteiger partial charge in [0.05, 0.1) is 12.1 Å². The minimum atomic E-state index is -0.968. The van der Waals surface area contributed by atoms with Crippen LogP contribution in [0.25, 0.3) is 0 Å². The number of nitrogens with one attached hydrogen (secondary N) is 1. The minimum absolute atomic E-state index is 0.259. The molecule has 7 heteroatoms. The maximum absolute atomic E-state index is 11.9. The van der Waals surface area contributed by atoms with Crippen molar-refractivity contribution >= 4 is 23.5 Å². The number of hydrogen-bond acceptors (Lipinski definition) is 5. The van der Waals surface area contributed by atoms with Crippen LogP contribution in [0.3, 0.4) is 0 Å². The third kappa shape index (κ3) is 3.55. The molecule has 2 amide bonds. The van der Waals surface area contributed by atoms with E-state index in [0.29, 0.717) is 11.4 Å². The SMILES string of the molecule is C[C@@H](OC(=O)C[C@@H]1Oc2ccccc2NC1=O)C(=O)N(C)C. The van der Waals surface area contributed by atoms with E-state index in [1.807, 2.05) is 0 Å². The first-order chi connectivity index (χ1) is 10.4. The van der Waals surface area contributed by atoms with Crippen LogP contribution in [-0.4, -0.2) is 49.0 Å². The van der Waals surface area contributed by atoms with Crippen LogP contribution in [0.15, 0.2) is 24.3 Å². The Morgan fingerprint density at radius 3 is 2.73 bits per heavy atom. The number of nitrogens with zero attached hydrogens (tertiary/aromatic N) is 1. The zero-order valence-corrected chi connectivity index (χ0v) is 12.7. The lowest BCUT2D eigenvalue weighted by Gasteiger charge is -2.25. The molecular formula is C15H18N2O5. The number of rotatable bonds is 4. The molecule has 1 N–H and O–H groups in total. The average Bonchev–Trinajstić information content (AvgIpc) is 2.46. The van der Waals surface area contributed by atoms with Crippen LogP contribution in [0, 0.1) is 0 Å². The van der Waals surface area contributed by atoms with Gasteiger partial charge in [-0.1, -0.05) is 12.1 Å². The zero-order chi connectivity index (χ0) is 16.3. The van der Waals surface area contributed by atoms with Crippen molar-refractivity contribution in [2.45, 2.75) is 25.6 Å². The van der Waals surface area contributed by atoms with Gasteiger partial charge < -0.3 is 19.7 Å². The number of para-hydroxylation sites is 2. The Morgan fingerprint density at radius 1 is 1.36 bits per heavy atom. The van der Waals surface area contributed by atoms with Gasteiger partial charge in [0.15, 0.2) is 12.2 Å². The Morgan fingerprint density at radius 2 is 2.05 bits per heavy atom. The molecule has 1 aromatic rings. The number of anilines is 1. The molecule has 0 saturated carbocycles. The summed E-state index contributed by atoms with van der Waals surface area (Å²) in [4.78, 5) is 36.7. The molecular weight excluding hydrogens is 288 g/mol. The first-order valence-corrected chi connectivity index (χ1v) is 6.85. The summed E-state index contributed by atoms with van der Waals surface area (Å²) in [6.45, 7) is 1.48. The summed E-state index contributed by atoms with van der Waals surface area (Å²) < 4.78 is 10.5. The third-order valence-electron chi connectivity index (χ3n) is 3.16. The Balaban J connectivity index is 1.95. The molecule has 1 aliphatic heterocycles. The summed E-state index contributed by atoms with van der Waals surface area (Å²) in [7, 11) is 3.14. The number of benzene rings is 1. The lowest BCUT2D eigenvalue weighted by molar-refractivity contribution is -0.160. The lowest BCUT2D eigenvalue weighted by atomic mass is 10.1. The van der Waals surface area contributed by atoms with E-state index < -0.39 is 24.1 Å². The van der Waals surface area contributed by atoms with Gasteiger partial charge in [0, 0.05) is 14.1 Å². The highest BCUT2D eigenvalue weighted by atomic mass is 16.6. The number of amides is 2. The summed E-state index contributed by atoms with van der Waals surface area (Å²) in [6, 6.07) is 6.94. The number of carbonyl (C=O) groups is 3. The van der Waals surface area contributed by atoms with E-state index in [4.69, 9.17) is 9.47 Å². The maximum Gasteiger partial charge on any atom is 0.310 e. The van der Waals surface area contributed by atoms with Crippen molar-refractivity contribution in [2.24, 2.45) is 0 Å². The zero-order valence-electron chi connectivity index (χ0n) is 12.7. The molecule has 118 valence electrons. The van der Waals surface area contributed by atoms with Crippen LogP contribution in [-0.2, 0) is 19.1 Å². The first kappa shape index (κ1) is 15.8. The van der Waals surface area contributed by atoms with Gasteiger partial charge in [-0.25, -0.2) is 0 Å². The fourth-order valence-corrected chi connectivity index (χ4v) is 2.04. The highest BCUT2D eigenvalue weighted by molar-refractivity contribution is 5.99. The molecule has 0 unspecified atom stereocenters. The van der Waals surface area contributed by atoms with Crippen molar-refractivity contribution in [2.75, 3.05) is 19.4 Å². The Bertz CT molecular complexity index is 599. The van der Waals surface area contributed by atoms with E-state index in [2.05, 4.69) is 5.32 Å². The number of likely N-dealkylation sites (N-methyl/N-ethyl adjacent to an activating group) is 1. The van der Waals surface area contributed by atoms with Gasteiger partial charge >= 0.3 is 5.97 Å². The van der Waals surface area contributed by atoms with Crippen LogP contribution in [0.2, 0.25) is 0 Å². The van der Waals surface area contributed by atoms with Crippen LogP contribution in [0.5, 0.6) is 5.75 Å². The van der Waals surface area contributed by atoms with E-state index >= 15 is 0 Å². The van der Waals surface area contributed by atoms with Crippen LogP contribution < -0.4 is 10.1 Å². The lowest BCUT2D eigenvalue weighted by Crippen LogP contribution is -2.40. The number of fused-ring (bicyclic) bond motifs is 1. The average molecular weight is 306 g/mol. The molecule has 0 bridgehead atoms. The number of carbonyl (C=O) groups excluding carboxylic acids is 3. The maximum atomic E-state index is 11.9. The largest absolute Gasteiger partial charge is 0.478 e. The standard InChI is InChI=1S/C15H18N2O5/c1-9(15(20)17(2)3)21-13(18)8-12-14(19)16-10-6-4-5-7-11(10)22-12/h4-7,9,12H,8H2,1-3H3,(H,16,19)/t9-,12+/m1/s1. The van der Waals surface area contributed by atoms with Crippen molar-refractivity contribution < 1.29 is 23.9 Å². The van der Waals surface area contributed by atoms with Crippen molar-refractivity contribution in [3.05, 3.63) is 24.3 Å². The predicted octanol–water partition coefficient (Wildman–Crippen LogP) is 0.796. The summed E-state index contributed by atoms with van der Waals surface area (Å²) in [5.41, 5.74) is 0.563. The normalized spacial score (nSPS) is 17.6. The number of ether oxygens (including phenoxy) is 2. The van der Waals surface area contributed by atoms with Gasteiger partial charge in [-0.15, -0.1) is 0 Å². The summed E-state index contributed by atoms with van der Waals surface area (Å²) >= 11 is 0. The van der Waals surface area contributed by atoms with Crippen LogP contribution in [0.1, 0.15) is 13.3 Å². The van der Waals surface area contributed by atoms with Crippen molar-refractivity contribution in [3.8, 4) is 5.75 Å². The smallest absolute Gasteiger partial charge is 0.310 e. The summed E-state index contributed by atoms with van der Waals surface area (Å²) in [5, 5.41) is 2.66. The number of hydrogen-bond donors (Lipinski definition) is 1. The first-order valence-electron chi connectivity index (χ1n) is 6.85. The van der Waals surface area contributed by atoms with Gasteiger partial charge in [-0.2, -0.15) is 0 Å². The highest BCUT2D eigenvalue weighted by Crippen LogP contribution is 2.29. The van der Waals surface area contributed by atoms with Gasteiger partial charge in [-0.3, -0.25) is 14.4 Å². The van der Waals surface area contributed by atoms with E-state index in [1.54, 1.807) is 38.4 Å². The molecule has 2 rings (SSSR count). The molecule has 0 radical (unpaired) electrons. The second-order valence-electron chi connectivity index (χ2n) is 5.16. The molecule has 0 aromatic heterocycles. The molecule has 2 atom stereocenters. The summed E-state index contributed by atoms with van der Waals surface area (Å²) in [6.07, 6.45) is -2.13. The molecule has 0 fully saturated rings. The topological polar surface area (TPSA) is 84.9 Å². The van der Waals surface area contributed by atoms with Crippen molar-refractivity contribution in [1.29, 1.82) is 0 Å². The van der Waals surface area contributed by atoms with Gasteiger partial charge in [-0.05, 0) is 19.1 Å².